The second kappa shape index (κ2) is 6.64. The van der Waals surface area contributed by atoms with Gasteiger partial charge in [0.05, 0.1) is 12.0 Å². The van der Waals surface area contributed by atoms with Crippen molar-refractivity contribution >= 4 is 11.8 Å². The first-order chi connectivity index (χ1) is 9.24. The molecule has 0 radical (unpaired) electrons. The fraction of sp³-hybridized carbons (Fsp3) is 0.250. The molecule has 0 aliphatic carbocycles. The predicted octanol–water partition coefficient (Wildman–Crippen LogP) is 3.87. The molecule has 0 fully saturated rings. The van der Waals surface area contributed by atoms with Crippen molar-refractivity contribution in [3.63, 3.8) is 0 Å². The van der Waals surface area contributed by atoms with Gasteiger partial charge in [-0.3, -0.25) is 0 Å². The van der Waals surface area contributed by atoms with Crippen molar-refractivity contribution in [1.29, 1.82) is 0 Å². The summed E-state index contributed by atoms with van der Waals surface area (Å²) in [7, 11) is 3.68. The highest BCUT2D eigenvalue weighted by molar-refractivity contribution is 7.99. The summed E-state index contributed by atoms with van der Waals surface area (Å²) in [5.74, 6) is 0.920. The van der Waals surface area contributed by atoms with Gasteiger partial charge in [-0.05, 0) is 37.7 Å². The van der Waals surface area contributed by atoms with Crippen molar-refractivity contribution in [2.45, 2.75) is 23.3 Å². The average Bonchev–Trinajstić information content (AvgIpc) is 2.43. The first kappa shape index (κ1) is 14.0. The van der Waals surface area contributed by atoms with Gasteiger partial charge in [0, 0.05) is 11.4 Å². The van der Waals surface area contributed by atoms with Gasteiger partial charge in [0.1, 0.15) is 5.75 Å². The van der Waals surface area contributed by atoms with Crippen LogP contribution in [-0.4, -0.2) is 14.2 Å². The van der Waals surface area contributed by atoms with Gasteiger partial charge in [0.2, 0.25) is 0 Å². The minimum atomic E-state index is 0.874. The number of benzene rings is 2. The Morgan fingerprint density at radius 1 is 1.11 bits per heavy atom. The van der Waals surface area contributed by atoms with Crippen molar-refractivity contribution in [1.82, 2.24) is 5.32 Å². The molecule has 0 amide bonds. The lowest BCUT2D eigenvalue weighted by Crippen LogP contribution is -2.06. The molecule has 0 saturated heterocycles. The summed E-state index contributed by atoms with van der Waals surface area (Å²) < 4.78 is 5.40. The third kappa shape index (κ3) is 3.52. The van der Waals surface area contributed by atoms with Gasteiger partial charge in [0.15, 0.2) is 0 Å². The van der Waals surface area contributed by atoms with E-state index in [1.807, 2.05) is 25.2 Å². The van der Waals surface area contributed by atoms with E-state index in [-0.39, 0.29) is 0 Å². The molecule has 0 saturated carbocycles. The van der Waals surface area contributed by atoms with Gasteiger partial charge >= 0.3 is 0 Å². The highest BCUT2D eigenvalue weighted by Gasteiger charge is 2.08. The number of nitrogens with one attached hydrogen (secondary N) is 1. The fourth-order valence-corrected chi connectivity index (χ4v) is 2.99. The molecule has 0 aromatic heterocycles. The van der Waals surface area contributed by atoms with Gasteiger partial charge in [-0.2, -0.15) is 0 Å². The molecule has 19 heavy (non-hydrogen) atoms. The SMILES string of the molecule is CNCc1cc(C)ccc1Sc1ccccc1OC. The minimum Gasteiger partial charge on any atom is -0.496 e. The largest absolute Gasteiger partial charge is 0.496 e. The molecule has 0 bridgehead atoms. The molecule has 0 spiro atoms. The lowest BCUT2D eigenvalue weighted by atomic mass is 10.1. The third-order valence-corrected chi connectivity index (χ3v) is 4.05. The zero-order valence-corrected chi connectivity index (χ0v) is 12.4. The number of aryl methyl sites for hydroxylation is 1. The second-order valence-corrected chi connectivity index (χ2v) is 5.48. The van der Waals surface area contributed by atoms with Gasteiger partial charge < -0.3 is 10.1 Å². The molecule has 2 aromatic carbocycles. The molecule has 0 aliphatic rings. The van der Waals surface area contributed by atoms with Crippen LogP contribution in [0.4, 0.5) is 0 Å². The van der Waals surface area contributed by atoms with Crippen LogP contribution >= 0.6 is 11.8 Å². The van der Waals surface area contributed by atoms with Crippen molar-refractivity contribution in [3.8, 4) is 5.75 Å². The van der Waals surface area contributed by atoms with E-state index in [0.717, 1.165) is 17.2 Å². The van der Waals surface area contributed by atoms with E-state index in [4.69, 9.17) is 4.74 Å². The van der Waals surface area contributed by atoms with Gasteiger partial charge in [0.25, 0.3) is 0 Å². The standard InChI is InChI=1S/C16H19NOS/c1-12-8-9-15(13(10-12)11-17-2)19-16-7-5-4-6-14(16)18-3/h4-10,17H,11H2,1-3H3. The summed E-state index contributed by atoms with van der Waals surface area (Å²) in [4.78, 5) is 2.41. The van der Waals surface area contributed by atoms with E-state index in [0.29, 0.717) is 0 Å². The van der Waals surface area contributed by atoms with E-state index in [2.05, 4.69) is 36.5 Å². The van der Waals surface area contributed by atoms with E-state index in [1.54, 1.807) is 18.9 Å². The molecular weight excluding hydrogens is 254 g/mol. The van der Waals surface area contributed by atoms with Gasteiger partial charge in [-0.15, -0.1) is 0 Å². The molecule has 3 heteroatoms. The summed E-state index contributed by atoms with van der Waals surface area (Å²) in [5.41, 5.74) is 2.60. The van der Waals surface area contributed by atoms with Gasteiger partial charge in [-0.25, -0.2) is 0 Å². The van der Waals surface area contributed by atoms with E-state index in [1.165, 1.54) is 16.0 Å². The number of para-hydroxylation sites is 1. The van der Waals surface area contributed by atoms with E-state index in [9.17, 15) is 0 Å². The molecule has 0 atom stereocenters. The maximum absolute atomic E-state index is 5.40. The topological polar surface area (TPSA) is 21.3 Å². The summed E-state index contributed by atoms with van der Waals surface area (Å²) in [5, 5.41) is 3.22. The quantitative estimate of drug-likeness (QED) is 0.893. The number of methoxy groups -OCH3 is 1. The molecule has 0 aliphatic heterocycles. The lowest BCUT2D eigenvalue weighted by molar-refractivity contribution is 0.405. The number of hydrogen-bond acceptors (Lipinski definition) is 3. The lowest BCUT2D eigenvalue weighted by Gasteiger charge is -2.12. The molecule has 2 aromatic rings. The summed E-state index contributed by atoms with van der Waals surface area (Å²) in [6, 6.07) is 14.7. The number of ether oxygens (including phenoxy) is 1. The van der Waals surface area contributed by atoms with Crippen LogP contribution in [0.3, 0.4) is 0 Å². The van der Waals surface area contributed by atoms with Crippen molar-refractivity contribution in [3.05, 3.63) is 53.6 Å². The third-order valence-electron chi connectivity index (χ3n) is 2.87. The fourth-order valence-electron chi connectivity index (χ4n) is 1.96. The van der Waals surface area contributed by atoms with Crippen molar-refractivity contribution in [2.24, 2.45) is 0 Å². The van der Waals surface area contributed by atoms with Crippen LogP contribution in [0, 0.1) is 6.92 Å². The van der Waals surface area contributed by atoms with Crippen LogP contribution in [0.2, 0.25) is 0 Å². The van der Waals surface area contributed by atoms with Crippen LogP contribution < -0.4 is 10.1 Å². The van der Waals surface area contributed by atoms with Crippen molar-refractivity contribution in [2.75, 3.05) is 14.2 Å². The molecule has 1 N–H and O–H groups in total. The predicted molar refractivity (Wildman–Crippen MR) is 81.1 cm³/mol. The molecule has 2 nitrogen and oxygen atoms in total. The highest BCUT2D eigenvalue weighted by atomic mass is 32.2. The zero-order valence-electron chi connectivity index (χ0n) is 11.6. The second-order valence-electron chi connectivity index (χ2n) is 4.39. The molecule has 0 unspecified atom stereocenters. The number of hydrogen-bond donors (Lipinski definition) is 1. The zero-order chi connectivity index (χ0) is 13.7. The molecule has 0 heterocycles. The Kier molecular flexibility index (Phi) is 4.88. The molecular formula is C16H19NOS. The van der Waals surface area contributed by atoms with Gasteiger partial charge in [-0.1, -0.05) is 41.6 Å². The smallest absolute Gasteiger partial charge is 0.132 e. The Morgan fingerprint density at radius 3 is 2.63 bits per heavy atom. The number of rotatable bonds is 5. The molecule has 2 rings (SSSR count). The summed E-state index contributed by atoms with van der Waals surface area (Å²) in [6.07, 6.45) is 0. The Labute approximate surface area is 119 Å². The Morgan fingerprint density at radius 2 is 1.89 bits per heavy atom. The first-order valence-corrected chi connectivity index (χ1v) is 7.11. The maximum Gasteiger partial charge on any atom is 0.132 e. The Hall–Kier alpha value is -1.45. The monoisotopic (exact) mass is 273 g/mol. The van der Waals surface area contributed by atoms with E-state index < -0.39 is 0 Å². The van der Waals surface area contributed by atoms with Crippen LogP contribution in [-0.2, 0) is 6.54 Å². The van der Waals surface area contributed by atoms with Crippen LogP contribution in [0.1, 0.15) is 11.1 Å². The normalized spacial score (nSPS) is 10.5. The first-order valence-electron chi connectivity index (χ1n) is 6.29. The minimum absolute atomic E-state index is 0.874. The van der Waals surface area contributed by atoms with Crippen LogP contribution in [0.5, 0.6) is 5.75 Å². The van der Waals surface area contributed by atoms with Crippen LogP contribution in [0.25, 0.3) is 0 Å². The Bertz CT molecular complexity index is 554. The highest BCUT2D eigenvalue weighted by Crippen LogP contribution is 2.36. The van der Waals surface area contributed by atoms with E-state index >= 15 is 0 Å². The Balaban J connectivity index is 2.32. The maximum atomic E-state index is 5.40. The average molecular weight is 273 g/mol. The van der Waals surface area contributed by atoms with Crippen molar-refractivity contribution < 1.29 is 4.74 Å². The summed E-state index contributed by atoms with van der Waals surface area (Å²) >= 11 is 1.75. The molecule has 100 valence electrons. The van der Waals surface area contributed by atoms with Crippen LogP contribution in [0.15, 0.2) is 52.3 Å². The summed E-state index contributed by atoms with van der Waals surface area (Å²) in [6.45, 7) is 3.00.